The predicted molar refractivity (Wildman–Crippen MR) is 97.8 cm³/mol. The number of phenols is 1. The molecular weight excluding hydrogens is 322 g/mol. The predicted octanol–water partition coefficient (Wildman–Crippen LogP) is 1.93. The molecule has 1 aromatic heterocycles. The molecule has 5 nitrogen and oxygen atoms in total. The zero-order chi connectivity index (χ0) is 16.8. The summed E-state index contributed by atoms with van der Waals surface area (Å²) in [6, 6.07) is 11.4. The van der Waals surface area contributed by atoms with Crippen molar-refractivity contribution in [2.75, 3.05) is 44.2 Å². The lowest BCUT2D eigenvalue weighted by atomic mass is 10.2. The molecule has 1 fully saturated rings. The molecule has 0 unspecified atom stereocenters. The summed E-state index contributed by atoms with van der Waals surface area (Å²) in [7, 11) is 0. The number of carbonyl (C=O) groups is 1. The highest BCUT2D eigenvalue weighted by Gasteiger charge is 2.19. The van der Waals surface area contributed by atoms with E-state index in [-0.39, 0.29) is 11.7 Å². The van der Waals surface area contributed by atoms with Crippen LogP contribution in [-0.4, -0.2) is 55.2 Å². The molecule has 2 aromatic rings. The van der Waals surface area contributed by atoms with Crippen LogP contribution < -0.4 is 10.2 Å². The molecule has 128 valence electrons. The van der Waals surface area contributed by atoms with Crippen LogP contribution in [0.15, 0.2) is 41.8 Å². The lowest BCUT2D eigenvalue weighted by Gasteiger charge is -2.35. The summed E-state index contributed by atoms with van der Waals surface area (Å²) in [6.07, 6.45) is 0.901. The van der Waals surface area contributed by atoms with Crippen LogP contribution >= 0.6 is 11.3 Å². The minimum absolute atomic E-state index is 0.102. The molecule has 0 atom stereocenters. The van der Waals surface area contributed by atoms with Crippen molar-refractivity contribution in [1.82, 2.24) is 10.2 Å². The van der Waals surface area contributed by atoms with E-state index in [1.165, 1.54) is 4.88 Å². The number of rotatable bonds is 6. The maximum absolute atomic E-state index is 12.0. The van der Waals surface area contributed by atoms with Crippen molar-refractivity contribution >= 4 is 22.9 Å². The van der Waals surface area contributed by atoms with Gasteiger partial charge in [0.15, 0.2) is 0 Å². The first-order chi connectivity index (χ1) is 11.7. The molecule has 2 heterocycles. The van der Waals surface area contributed by atoms with Gasteiger partial charge in [-0.2, -0.15) is 0 Å². The Labute approximate surface area is 146 Å². The normalized spacial score (nSPS) is 15.4. The third kappa shape index (κ3) is 4.72. The molecule has 0 saturated carbocycles. The van der Waals surface area contributed by atoms with Gasteiger partial charge >= 0.3 is 0 Å². The molecule has 1 aliphatic rings. The summed E-state index contributed by atoms with van der Waals surface area (Å²) in [6.45, 7) is 4.71. The number of benzene rings is 1. The Morgan fingerprint density at radius 1 is 1.12 bits per heavy atom. The first kappa shape index (κ1) is 16.8. The molecule has 2 N–H and O–H groups in total. The molecule has 0 radical (unpaired) electrons. The lowest BCUT2D eigenvalue weighted by Crippen LogP contribution is -2.49. The minimum atomic E-state index is 0.102. The van der Waals surface area contributed by atoms with Crippen molar-refractivity contribution in [2.24, 2.45) is 0 Å². The minimum Gasteiger partial charge on any atom is -0.508 e. The van der Waals surface area contributed by atoms with E-state index in [1.54, 1.807) is 23.5 Å². The number of amides is 1. The fourth-order valence-electron chi connectivity index (χ4n) is 2.87. The van der Waals surface area contributed by atoms with E-state index in [1.807, 2.05) is 18.2 Å². The SMILES string of the molecule is O=C(CN1CCN(c2ccc(O)cc2)CC1)NCCc1cccs1. The van der Waals surface area contributed by atoms with Crippen LogP contribution in [0.1, 0.15) is 4.88 Å². The van der Waals surface area contributed by atoms with Gasteiger partial charge in [-0.05, 0) is 42.1 Å². The maximum Gasteiger partial charge on any atom is 0.234 e. The second-order valence-corrected chi connectivity index (χ2v) is 6.99. The molecule has 1 aliphatic heterocycles. The first-order valence-electron chi connectivity index (χ1n) is 8.26. The number of aromatic hydroxyl groups is 1. The number of thiophene rings is 1. The number of piperazine rings is 1. The summed E-state index contributed by atoms with van der Waals surface area (Å²) in [4.78, 5) is 17.8. The highest BCUT2D eigenvalue weighted by molar-refractivity contribution is 7.09. The van der Waals surface area contributed by atoms with Crippen LogP contribution in [0, 0.1) is 0 Å². The van der Waals surface area contributed by atoms with Crippen LogP contribution in [-0.2, 0) is 11.2 Å². The largest absolute Gasteiger partial charge is 0.508 e. The van der Waals surface area contributed by atoms with Crippen molar-refractivity contribution in [1.29, 1.82) is 0 Å². The van der Waals surface area contributed by atoms with Crippen molar-refractivity contribution in [3.8, 4) is 5.75 Å². The molecule has 3 rings (SSSR count). The topological polar surface area (TPSA) is 55.8 Å². The van der Waals surface area contributed by atoms with Gasteiger partial charge in [-0.3, -0.25) is 9.69 Å². The van der Waals surface area contributed by atoms with Gasteiger partial charge in [0.25, 0.3) is 0 Å². The molecule has 0 spiro atoms. The Morgan fingerprint density at radius 3 is 2.54 bits per heavy atom. The fraction of sp³-hybridized carbons (Fsp3) is 0.389. The van der Waals surface area contributed by atoms with E-state index in [2.05, 4.69) is 26.6 Å². The summed E-state index contributed by atoms with van der Waals surface area (Å²) in [5.41, 5.74) is 1.12. The fourth-order valence-corrected chi connectivity index (χ4v) is 3.58. The van der Waals surface area contributed by atoms with E-state index in [4.69, 9.17) is 0 Å². The van der Waals surface area contributed by atoms with Gasteiger partial charge < -0.3 is 15.3 Å². The first-order valence-corrected chi connectivity index (χ1v) is 9.14. The quantitative estimate of drug-likeness (QED) is 0.840. The average Bonchev–Trinajstić information content (AvgIpc) is 3.10. The summed E-state index contributed by atoms with van der Waals surface area (Å²) < 4.78 is 0. The number of nitrogens with zero attached hydrogens (tertiary/aromatic N) is 2. The van der Waals surface area contributed by atoms with Gasteiger partial charge in [0.2, 0.25) is 5.91 Å². The standard InChI is InChI=1S/C18H23N3O2S/c22-16-5-3-15(4-6-16)21-11-9-20(10-12-21)14-18(23)19-8-7-17-2-1-13-24-17/h1-6,13,22H,7-12,14H2,(H,19,23). The monoisotopic (exact) mass is 345 g/mol. The van der Waals surface area contributed by atoms with Crippen molar-refractivity contribution in [2.45, 2.75) is 6.42 Å². The Kier molecular flexibility index (Phi) is 5.72. The van der Waals surface area contributed by atoms with E-state index in [0.717, 1.165) is 38.3 Å². The molecule has 1 aromatic carbocycles. The van der Waals surface area contributed by atoms with Crippen molar-refractivity contribution in [3.63, 3.8) is 0 Å². The van der Waals surface area contributed by atoms with Crippen molar-refractivity contribution < 1.29 is 9.90 Å². The molecule has 1 saturated heterocycles. The van der Waals surface area contributed by atoms with Crippen LogP contribution in [0.2, 0.25) is 0 Å². The van der Waals surface area contributed by atoms with Gasteiger partial charge in [-0.1, -0.05) is 6.07 Å². The highest BCUT2D eigenvalue weighted by atomic mass is 32.1. The third-order valence-electron chi connectivity index (χ3n) is 4.23. The van der Waals surface area contributed by atoms with E-state index in [9.17, 15) is 9.90 Å². The van der Waals surface area contributed by atoms with Crippen LogP contribution in [0.25, 0.3) is 0 Å². The smallest absolute Gasteiger partial charge is 0.234 e. The molecule has 1 amide bonds. The molecule has 0 bridgehead atoms. The maximum atomic E-state index is 12.0. The lowest BCUT2D eigenvalue weighted by molar-refractivity contribution is -0.122. The number of hydrogen-bond acceptors (Lipinski definition) is 5. The van der Waals surface area contributed by atoms with Gasteiger partial charge in [-0.25, -0.2) is 0 Å². The number of nitrogens with one attached hydrogen (secondary N) is 1. The Morgan fingerprint density at radius 2 is 1.88 bits per heavy atom. The van der Waals surface area contributed by atoms with Crippen LogP contribution in [0.5, 0.6) is 5.75 Å². The molecule has 24 heavy (non-hydrogen) atoms. The van der Waals surface area contributed by atoms with E-state index >= 15 is 0 Å². The Hall–Kier alpha value is -2.05. The van der Waals surface area contributed by atoms with Gasteiger partial charge in [0, 0.05) is 43.3 Å². The summed E-state index contributed by atoms with van der Waals surface area (Å²) in [5, 5.41) is 14.4. The summed E-state index contributed by atoms with van der Waals surface area (Å²) >= 11 is 1.73. The Balaban J connectivity index is 1.37. The molecule has 6 heteroatoms. The van der Waals surface area contributed by atoms with E-state index in [0.29, 0.717) is 13.1 Å². The van der Waals surface area contributed by atoms with Gasteiger partial charge in [-0.15, -0.1) is 11.3 Å². The number of carbonyl (C=O) groups excluding carboxylic acids is 1. The van der Waals surface area contributed by atoms with Gasteiger partial charge in [0.1, 0.15) is 5.75 Å². The Bertz CT molecular complexity index is 635. The second kappa shape index (κ2) is 8.17. The highest BCUT2D eigenvalue weighted by Crippen LogP contribution is 2.19. The zero-order valence-corrected chi connectivity index (χ0v) is 14.5. The number of anilines is 1. The number of hydrogen-bond donors (Lipinski definition) is 2. The third-order valence-corrected chi connectivity index (χ3v) is 5.16. The molecule has 0 aliphatic carbocycles. The van der Waals surface area contributed by atoms with Crippen molar-refractivity contribution in [3.05, 3.63) is 46.7 Å². The van der Waals surface area contributed by atoms with Crippen LogP contribution in [0.3, 0.4) is 0 Å². The second-order valence-electron chi connectivity index (χ2n) is 5.96. The zero-order valence-electron chi connectivity index (χ0n) is 13.6. The number of phenolic OH excluding ortho intramolecular Hbond substituents is 1. The summed E-state index contributed by atoms with van der Waals surface area (Å²) in [5.74, 6) is 0.390. The average molecular weight is 345 g/mol. The van der Waals surface area contributed by atoms with Gasteiger partial charge in [0.05, 0.1) is 6.54 Å². The van der Waals surface area contributed by atoms with E-state index < -0.39 is 0 Å². The molecular formula is C18H23N3O2S. The van der Waals surface area contributed by atoms with Crippen LogP contribution in [0.4, 0.5) is 5.69 Å².